The minimum atomic E-state index is 0.0972. The van der Waals surface area contributed by atoms with Crippen LogP contribution in [0.1, 0.15) is 11.1 Å². The summed E-state index contributed by atoms with van der Waals surface area (Å²) in [5.74, 6) is 0. The highest BCUT2D eigenvalue weighted by atomic mass is 16.6. The number of nitrogens with zero attached hydrogens (tertiary/aromatic N) is 3. The average Bonchev–Trinajstić information content (AvgIpc) is 2.48. The molecule has 0 aliphatic rings. The fourth-order valence-corrected chi connectivity index (χ4v) is 1.82. The van der Waals surface area contributed by atoms with Crippen LogP contribution in [0, 0.1) is 10.1 Å². The van der Waals surface area contributed by atoms with Crippen LogP contribution in [-0.4, -0.2) is 10.3 Å². The van der Waals surface area contributed by atoms with Gasteiger partial charge in [-0.2, -0.15) is 0 Å². The summed E-state index contributed by atoms with van der Waals surface area (Å²) in [6, 6.07) is 19.0. The molecule has 2 aromatic carbocycles. The quantitative estimate of drug-likeness (QED) is 0.588. The summed E-state index contributed by atoms with van der Waals surface area (Å²) in [7, 11) is 0. The summed E-state index contributed by atoms with van der Waals surface area (Å²) in [5.41, 5.74) is 1.89. The molecule has 0 N–H and O–H groups in total. The Balaban J connectivity index is 2.10. The zero-order valence-electron chi connectivity index (χ0n) is 10.3. The van der Waals surface area contributed by atoms with Gasteiger partial charge in [-0.1, -0.05) is 60.7 Å². The summed E-state index contributed by atoms with van der Waals surface area (Å²) >= 11 is 0. The average molecular weight is 256 g/mol. The van der Waals surface area contributed by atoms with Crippen LogP contribution in [0.4, 0.5) is 0 Å². The zero-order valence-corrected chi connectivity index (χ0v) is 10.3. The van der Waals surface area contributed by atoms with Crippen molar-refractivity contribution in [2.75, 3.05) is 0 Å². The highest BCUT2D eigenvalue weighted by Gasteiger charge is 2.08. The molecule has 98 valence electrons. The van der Waals surface area contributed by atoms with Crippen molar-refractivity contribution in [1.82, 2.24) is 10.3 Å². The molecule has 0 unspecified atom stereocenters. The van der Waals surface area contributed by atoms with Gasteiger partial charge in [0.25, 0.3) is 0 Å². The first-order valence-electron chi connectivity index (χ1n) is 5.93. The van der Waals surface area contributed by atoms with E-state index in [2.05, 4.69) is 5.29 Å². The summed E-state index contributed by atoms with van der Waals surface area (Å²) in [6.45, 7) is 0.677. The molecule has 0 aromatic heterocycles. The lowest BCUT2D eigenvalue weighted by molar-refractivity contribution is 0.00431. The molecule has 5 nitrogen and oxygen atoms in total. The van der Waals surface area contributed by atoms with E-state index in [1.807, 2.05) is 60.7 Å². The van der Waals surface area contributed by atoms with Crippen molar-refractivity contribution in [2.45, 2.75) is 13.1 Å². The van der Waals surface area contributed by atoms with E-state index in [-0.39, 0.29) is 5.28 Å². The number of hydrogen-bond acceptors (Lipinski definition) is 4. The van der Waals surface area contributed by atoms with Crippen molar-refractivity contribution in [3.05, 3.63) is 81.9 Å². The predicted molar refractivity (Wildman–Crippen MR) is 73.1 cm³/mol. The van der Waals surface area contributed by atoms with Crippen LogP contribution in [0.2, 0.25) is 0 Å². The third kappa shape index (κ3) is 3.87. The van der Waals surface area contributed by atoms with E-state index in [1.165, 1.54) is 5.01 Å². The highest BCUT2D eigenvalue weighted by molar-refractivity contribution is 5.16. The number of nitroso groups, excluding NO2 is 1. The molecule has 0 atom stereocenters. The largest absolute Gasteiger partial charge is 0.724 e. The van der Waals surface area contributed by atoms with E-state index in [0.717, 1.165) is 11.1 Å². The molecule has 2 aromatic rings. The molecule has 5 heteroatoms. The summed E-state index contributed by atoms with van der Waals surface area (Å²) in [6.07, 6.45) is 0. The third-order valence-corrected chi connectivity index (χ3v) is 2.73. The predicted octanol–water partition coefficient (Wildman–Crippen LogP) is 3.09. The third-order valence-electron chi connectivity index (χ3n) is 2.73. The van der Waals surface area contributed by atoms with Crippen LogP contribution in [-0.2, 0) is 13.1 Å². The monoisotopic (exact) mass is 256 g/mol. The maximum Gasteiger partial charge on any atom is 0.0579 e. The minimum Gasteiger partial charge on any atom is -0.724 e. The Morgan fingerprint density at radius 1 is 0.842 bits per heavy atom. The first-order chi connectivity index (χ1) is 9.29. The second kappa shape index (κ2) is 6.63. The second-order valence-corrected chi connectivity index (χ2v) is 4.13. The molecule has 0 aliphatic heterocycles. The first-order valence-corrected chi connectivity index (χ1v) is 5.93. The number of benzene rings is 2. The molecule has 0 bridgehead atoms. The highest BCUT2D eigenvalue weighted by Crippen LogP contribution is 2.12. The molecule has 0 radical (unpaired) electrons. The van der Waals surface area contributed by atoms with Crippen LogP contribution in [0.5, 0.6) is 0 Å². The lowest BCUT2D eigenvalue weighted by Crippen LogP contribution is -2.33. The van der Waals surface area contributed by atoms with E-state index in [1.54, 1.807) is 0 Å². The maximum absolute atomic E-state index is 11.5. The Kier molecular flexibility index (Phi) is 4.60. The molecule has 0 heterocycles. The van der Waals surface area contributed by atoms with Gasteiger partial charge in [-0.15, -0.1) is 4.91 Å². The summed E-state index contributed by atoms with van der Waals surface area (Å²) < 4.78 is 0. The molecule has 0 saturated carbocycles. The van der Waals surface area contributed by atoms with Gasteiger partial charge < -0.3 is 5.21 Å². The SMILES string of the molecule is O=NN([O-])N(Cc1ccccc1)Cc1ccccc1. The molecule has 0 aliphatic carbocycles. The fourth-order valence-electron chi connectivity index (χ4n) is 1.82. The van der Waals surface area contributed by atoms with Crippen LogP contribution in [0.15, 0.2) is 65.9 Å². The van der Waals surface area contributed by atoms with Gasteiger partial charge in [-0.05, 0) is 11.1 Å². The van der Waals surface area contributed by atoms with Crippen molar-refractivity contribution < 1.29 is 0 Å². The Morgan fingerprint density at radius 3 is 1.63 bits per heavy atom. The van der Waals surface area contributed by atoms with Gasteiger partial charge in [-0.25, -0.2) is 5.01 Å². The van der Waals surface area contributed by atoms with E-state index in [0.29, 0.717) is 13.1 Å². The van der Waals surface area contributed by atoms with Crippen molar-refractivity contribution in [3.8, 4) is 0 Å². The molecule has 19 heavy (non-hydrogen) atoms. The minimum absolute atomic E-state index is 0.0972. The zero-order chi connectivity index (χ0) is 13.5. The number of rotatable bonds is 6. The lowest BCUT2D eigenvalue weighted by atomic mass is 10.2. The Morgan fingerprint density at radius 2 is 1.26 bits per heavy atom. The molecule has 0 fully saturated rings. The van der Waals surface area contributed by atoms with Crippen molar-refractivity contribution in [1.29, 1.82) is 0 Å². The van der Waals surface area contributed by atoms with Gasteiger partial charge in [0, 0.05) is 13.1 Å². The summed E-state index contributed by atoms with van der Waals surface area (Å²) in [4.78, 5) is 10.4. The topological polar surface area (TPSA) is 59.0 Å². The second-order valence-electron chi connectivity index (χ2n) is 4.13. The van der Waals surface area contributed by atoms with Gasteiger partial charge in [0.05, 0.1) is 5.29 Å². The fraction of sp³-hybridized carbons (Fsp3) is 0.143. The van der Waals surface area contributed by atoms with Crippen LogP contribution >= 0.6 is 0 Å². The van der Waals surface area contributed by atoms with Crippen LogP contribution < -0.4 is 0 Å². The van der Waals surface area contributed by atoms with Gasteiger partial charge in [-0.3, -0.25) is 5.28 Å². The smallest absolute Gasteiger partial charge is 0.0579 e. The Bertz CT molecular complexity index is 463. The normalized spacial score (nSPS) is 10.4. The van der Waals surface area contributed by atoms with Crippen molar-refractivity contribution in [3.63, 3.8) is 0 Å². The van der Waals surface area contributed by atoms with Gasteiger partial charge in [0.1, 0.15) is 0 Å². The first kappa shape index (κ1) is 13.2. The van der Waals surface area contributed by atoms with Crippen molar-refractivity contribution >= 4 is 0 Å². The summed E-state index contributed by atoms with van der Waals surface area (Å²) in [5, 5.41) is 15.4. The Labute approximate surface area is 111 Å². The van der Waals surface area contributed by atoms with Crippen molar-refractivity contribution in [2.24, 2.45) is 5.29 Å². The van der Waals surface area contributed by atoms with Crippen LogP contribution in [0.3, 0.4) is 0 Å². The van der Waals surface area contributed by atoms with E-state index < -0.39 is 0 Å². The number of hydrazine groups is 1. The van der Waals surface area contributed by atoms with Gasteiger partial charge in [0.2, 0.25) is 0 Å². The lowest BCUT2D eigenvalue weighted by Gasteiger charge is -2.34. The molecule has 0 spiro atoms. The van der Waals surface area contributed by atoms with E-state index in [9.17, 15) is 10.1 Å². The molecule has 0 saturated heterocycles. The molecule has 2 rings (SSSR count). The molecule has 0 amide bonds. The van der Waals surface area contributed by atoms with Crippen LogP contribution in [0.25, 0.3) is 0 Å². The van der Waals surface area contributed by atoms with E-state index >= 15 is 0 Å². The standard InChI is InChI=1S/C14H14N3O2/c18-15-17(19)16(11-13-7-3-1-4-8-13)12-14-9-5-2-6-10-14/h1-10H,11-12H2/q-1. The van der Waals surface area contributed by atoms with Gasteiger partial charge >= 0.3 is 0 Å². The Hall–Kier alpha value is -2.24. The van der Waals surface area contributed by atoms with Gasteiger partial charge in [0.15, 0.2) is 0 Å². The number of hydrogen-bond donors (Lipinski definition) is 0. The molecular formula is C14H14N3O2-. The molecular weight excluding hydrogens is 242 g/mol. The van der Waals surface area contributed by atoms with E-state index in [4.69, 9.17) is 0 Å². The maximum atomic E-state index is 11.5.